The normalized spacial score (nSPS) is 12.0. The van der Waals surface area contributed by atoms with Gasteiger partial charge in [0.15, 0.2) is 0 Å². The maximum Gasteiger partial charge on any atom is 0.328 e. The predicted octanol–water partition coefficient (Wildman–Crippen LogP) is 2.80. The van der Waals surface area contributed by atoms with E-state index in [-0.39, 0.29) is 16.9 Å². The van der Waals surface area contributed by atoms with Crippen LogP contribution in [-0.2, 0) is 16.1 Å². The van der Waals surface area contributed by atoms with Gasteiger partial charge in [-0.05, 0) is 31.5 Å². The zero-order valence-electron chi connectivity index (χ0n) is 13.2. The average Bonchev–Trinajstić information content (AvgIpc) is 2.73. The lowest BCUT2D eigenvalue weighted by Crippen LogP contribution is -2.21. The summed E-state index contributed by atoms with van der Waals surface area (Å²) in [5.74, 6) is -2.89. The fourth-order valence-corrected chi connectivity index (χ4v) is 2.22. The van der Waals surface area contributed by atoms with Crippen molar-refractivity contribution < 1.29 is 24.2 Å². The van der Waals surface area contributed by atoms with Crippen molar-refractivity contribution in [2.45, 2.75) is 26.4 Å². The lowest BCUT2D eigenvalue weighted by atomic mass is 10.2. The third-order valence-corrected chi connectivity index (χ3v) is 3.27. The van der Waals surface area contributed by atoms with Gasteiger partial charge in [0.2, 0.25) is 0 Å². The van der Waals surface area contributed by atoms with Gasteiger partial charge < -0.3 is 20.5 Å². The third-order valence-electron chi connectivity index (χ3n) is 2.98. The van der Waals surface area contributed by atoms with Crippen LogP contribution >= 0.6 is 11.6 Å². The summed E-state index contributed by atoms with van der Waals surface area (Å²) in [4.78, 5) is 19.1. The van der Waals surface area contributed by atoms with Gasteiger partial charge in [0.05, 0.1) is 10.5 Å². The summed E-state index contributed by atoms with van der Waals surface area (Å²) >= 11 is 5.79. The van der Waals surface area contributed by atoms with Crippen molar-refractivity contribution in [2.75, 3.05) is 0 Å². The Morgan fingerprint density at radius 1 is 1.33 bits per heavy atom. The maximum atomic E-state index is 13.3. The summed E-state index contributed by atoms with van der Waals surface area (Å²) in [6, 6.07) is 3.19. The minimum atomic E-state index is -1.26. The van der Waals surface area contributed by atoms with E-state index in [0.717, 1.165) is 16.5 Å². The van der Waals surface area contributed by atoms with Gasteiger partial charge in [-0.25, -0.2) is 14.0 Å². The molecule has 1 heterocycles. The molecule has 1 atom stereocenters. The van der Waals surface area contributed by atoms with Crippen LogP contribution < -0.4 is 5.73 Å². The smallest absolute Gasteiger partial charge is 0.328 e. The van der Waals surface area contributed by atoms with E-state index in [0.29, 0.717) is 18.7 Å². The number of hydrogen-bond acceptors (Lipinski definition) is 3. The highest BCUT2D eigenvalue weighted by Gasteiger charge is 2.10. The topological polar surface area (TPSA) is 106 Å². The standard InChI is InChI=1S/C12H14ClFN2.C4H4O4/c1-7-5-16(6-8(2)15)12-4-10(13)11(14)3-9(7)12;5-3(6)1-2-4(7)8/h3-5,8H,6,15H2,1-2H3;1-2H,(H,5,6)(H,7,8)/b;2-1+/t8-;/m0./s1. The number of aryl methyl sites for hydroxylation is 1. The number of aromatic nitrogens is 1. The van der Waals surface area contributed by atoms with Crippen LogP contribution in [0.4, 0.5) is 4.39 Å². The molecule has 0 bridgehead atoms. The number of carbonyl (C=O) groups is 2. The van der Waals surface area contributed by atoms with Gasteiger partial charge in [-0.3, -0.25) is 0 Å². The van der Waals surface area contributed by atoms with Crippen LogP contribution in [0.3, 0.4) is 0 Å². The van der Waals surface area contributed by atoms with Crippen molar-refractivity contribution in [2.24, 2.45) is 5.73 Å². The summed E-state index contributed by atoms with van der Waals surface area (Å²) in [5, 5.41) is 16.7. The largest absolute Gasteiger partial charge is 0.478 e. The Hall–Kier alpha value is -2.38. The van der Waals surface area contributed by atoms with Crippen LogP contribution in [0.15, 0.2) is 30.5 Å². The van der Waals surface area contributed by atoms with E-state index in [1.54, 1.807) is 6.07 Å². The molecule has 6 nitrogen and oxygen atoms in total. The highest BCUT2D eigenvalue weighted by Crippen LogP contribution is 2.26. The summed E-state index contributed by atoms with van der Waals surface area (Å²) in [5.41, 5.74) is 7.73. The van der Waals surface area contributed by atoms with Gasteiger partial charge in [-0.2, -0.15) is 0 Å². The molecule has 8 heteroatoms. The molecule has 2 rings (SSSR count). The Morgan fingerprint density at radius 2 is 1.88 bits per heavy atom. The van der Waals surface area contributed by atoms with E-state index >= 15 is 0 Å². The summed E-state index contributed by atoms with van der Waals surface area (Å²) in [6.07, 6.45) is 3.09. The Balaban J connectivity index is 0.000000307. The van der Waals surface area contributed by atoms with Crippen molar-refractivity contribution in [3.63, 3.8) is 0 Å². The Kier molecular flexibility index (Phi) is 6.94. The van der Waals surface area contributed by atoms with Gasteiger partial charge in [-0.1, -0.05) is 11.6 Å². The number of aliphatic carboxylic acids is 2. The molecule has 0 unspecified atom stereocenters. The second-order valence-electron chi connectivity index (χ2n) is 5.24. The quantitative estimate of drug-likeness (QED) is 0.730. The zero-order chi connectivity index (χ0) is 18.4. The predicted molar refractivity (Wildman–Crippen MR) is 89.7 cm³/mol. The van der Waals surface area contributed by atoms with Crippen LogP contribution in [0.1, 0.15) is 12.5 Å². The Bertz CT molecular complexity index is 768. The summed E-state index contributed by atoms with van der Waals surface area (Å²) < 4.78 is 15.3. The van der Waals surface area contributed by atoms with Gasteiger partial charge in [-0.15, -0.1) is 0 Å². The minimum Gasteiger partial charge on any atom is -0.478 e. The number of halogens is 2. The number of hydrogen-bond donors (Lipinski definition) is 3. The van der Waals surface area contributed by atoms with E-state index in [1.165, 1.54) is 6.07 Å². The van der Waals surface area contributed by atoms with E-state index in [1.807, 2.05) is 24.6 Å². The van der Waals surface area contributed by atoms with Crippen LogP contribution in [0, 0.1) is 12.7 Å². The van der Waals surface area contributed by atoms with E-state index < -0.39 is 11.9 Å². The fourth-order valence-electron chi connectivity index (χ4n) is 2.07. The number of nitrogens with two attached hydrogens (primary N) is 1. The molecule has 1 aromatic carbocycles. The van der Waals surface area contributed by atoms with E-state index in [4.69, 9.17) is 27.5 Å². The molecule has 1 aromatic heterocycles. The fraction of sp³-hybridized carbons (Fsp3) is 0.250. The van der Waals surface area contributed by atoms with Gasteiger partial charge >= 0.3 is 11.9 Å². The van der Waals surface area contributed by atoms with Crippen molar-refractivity contribution in [1.29, 1.82) is 0 Å². The van der Waals surface area contributed by atoms with Crippen LogP contribution in [-0.4, -0.2) is 32.8 Å². The molecular weight excluding hydrogens is 339 g/mol. The highest BCUT2D eigenvalue weighted by molar-refractivity contribution is 6.31. The lowest BCUT2D eigenvalue weighted by molar-refractivity contribution is -0.134. The Morgan fingerprint density at radius 3 is 2.33 bits per heavy atom. The first kappa shape index (κ1) is 19.7. The highest BCUT2D eigenvalue weighted by atomic mass is 35.5. The van der Waals surface area contributed by atoms with Crippen molar-refractivity contribution in [1.82, 2.24) is 4.57 Å². The van der Waals surface area contributed by atoms with Crippen molar-refractivity contribution in [3.8, 4) is 0 Å². The molecule has 2 aromatic rings. The van der Waals surface area contributed by atoms with Crippen LogP contribution in [0.2, 0.25) is 5.02 Å². The molecule has 0 saturated heterocycles. The van der Waals surface area contributed by atoms with Crippen LogP contribution in [0.5, 0.6) is 0 Å². The Labute approximate surface area is 142 Å². The van der Waals surface area contributed by atoms with E-state index in [9.17, 15) is 14.0 Å². The second-order valence-corrected chi connectivity index (χ2v) is 5.64. The number of benzene rings is 1. The lowest BCUT2D eigenvalue weighted by Gasteiger charge is -2.08. The first-order valence-electron chi connectivity index (χ1n) is 6.95. The molecule has 4 N–H and O–H groups in total. The number of fused-ring (bicyclic) bond motifs is 1. The molecule has 24 heavy (non-hydrogen) atoms. The van der Waals surface area contributed by atoms with Crippen molar-refractivity contribution in [3.05, 3.63) is 46.9 Å². The van der Waals surface area contributed by atoms with Crippen LogP contribution in [0.25, 0.3) is 10.9 Å². The molecule has 0 fully saturated rings. The number of carboxylic acid groups (broad SMARTS) is 2. The third kappa shape index (κ3) is 5.68. The molecule has 0 aliphatic carbocycles. The molecule has 0 amide bonds. The molecular formula is C16H18ClFN2O4. The maximum absolute atomic E-state index is 13.3. The SMILES string of the molecule is Cc1cn(C[C@H](C)N)c2cc(Cl)c(F)cc12.O=C(O)/C=C/C(=O)O. The number of nitrogens with zero attached hydrogens (tertiary/aromatic N) is 1. The van der Waals surface area contributed by atoms with Gasteiger partial charge in [0.25, 0.3) is 0 Å². The molecule has 0 aliphatic rings. The average molecular weight is 357 g/mol. The number of carboxylic acids is 2. The first-order valence-corrected chi connectivity index (χ1v) is 7.33. The molecule has 0 radical (unpaired) electrons. The summed E-state index contributed by atoms with van der Waals surface area (Å²) in [7, 11) is 0. The molecule has 130 valence electrons. The monoisotopic (exact) mass is 356 g/mol. The molecule has 0 saturated carbocycles. The number of rotatable bonds is 4. The molecule has 0 spiro atoms. The van der Waals surface area contributed by atoms with E-state index in [2.05, 4.69) is 0 Å². The van der Waals surface area contributed by atoms with Crippen molar-refractivity contribution >= 4 is 34.4 Å². The first-order chi connectivity index (χ1) is 11.1. The van der Waals surface area contributed by atoms with Gasteiger partial charge in [0.1, 0.15) is 5.82 Å². The molecule has 0 aliphatic heterocycles. The minimum absolute atomic E-state index is 0.0545. The second kappa shape index (κ2) is 8.47. The van der Waals surface area contributed by atoms with Gasteiger partial charge in [0, 0.05) is 36.3 Å². The summed E-state index contributed by atoms with van der Waals surface area (Å²) in [6.45, 7) is 4.59. The zero-order valence-corrected chi connectivity index (χ0v) is 13.9.